The van der Waals surface area contributed by atoms with E-state index in [0.717, 1.165) is 5.56 Å². The van der Waals surface area contributed by atoms with Crippen molar-refractivity contribution in [1.82, 2.24) is 4.72 Å². The standard InChI is InChI=1S/C10H11N2O2S/c1-9-3-5-10(6-4-9)15(13,14)12-8-2-7-11/h3-6H,2,8H2,1H3. The summed E-state index contributed by atoms with van der Waals surface area (Å²) in [6, 6.07) is 8.30. The molecule has 0 spiro atoms. The smallest absolute Gasteiger partial charge is 0.206 e. The van der Waals surface area contributed by atoms with Gasteiger partial charge in [-0.2, -0.15) is 5.26 Å². The van der Waals surface area contributed by atoms with Crippen molar-refractivity contribution in [3.05, 3.63) is 29.8 Å². The predicted octanol–water partition coefficient (Wildman–Crippen LogP) is 1.20. The molecular formula is C10H11N2O2S. The topological polar surface area (TPSA) is 72.0 Å². The molecule has 1 aromatic carbocycles. The first kappa shape index (κ1) is 11.7. The summed E-state index contributed by atoms with van der Waals surface area (Å²) in [5.41, 5.74) is 0.992. The van der Waals surface area contributed by atoms with E-state index in [9.17, 15) is 8.42 Å². The van der Waals surface area contributed by atoms with Crippen molar-refractivity contribution < 1.29 is 8.42 Å². The van der Waals surface area contributed by atoms with Crippen LogP contribution < -0.4 is 4.72 Å². The Balaban J connectivity index is 2.79. The van der Waals surface area contributed by atoms with Crippen molar-refractivity contribution in [2.75, 3.05) is 6.54 Å². The average molecular weight is 223 g/mol. The molecule has 1 rings (SSSR count). The molecule has 0 atom stereocenters. The van der Waals surface area contributed by atoms with E-state index in [1.165, 1.54) is 12.1 Å². The van der Waals surface area contributed by atoms with Crippen LogP contribution in [-0.4, -0.2) is 15.0 Å². The quantitative estimate of drug-likeness (QED) is 0.720. The summed E-state index contributed by atoms with van der Waals surface area (Å²) in [6.45, 7) is 1.90. The monoisotopic (exact) mass is 223 g/mol. The van der Waals surface area contributed by atoms with E-state index in [-0.39, 0.29) is 17.9 Å². The van der Waals surface area contributed by atoms with Crippen LogP contribution in [0.25, 0.3) is 0 Å². The highest BCUT2D eigenvalue weighted by Gasteiger charge is 2.13. The van der Waals surface area contributed by atoms with E-state index >= 15 is 0 Å². The van der Waals surface area contributed by atoms with E-state index in [1.54, 1.807) is 12.1 Å². The molecule has 1 aromatic rings. The largest absolute Gasteiger partial charge is 0.256 e. The maximum atomic E-state index is 11.5. The lowest BCUT2D eigenvalue weighted by Crippen LogP contribution is -2.17. The Labute approximate surface area is 89.6 Å². The summed E-state index contributed by atoms with van der Waals surface area (Å²) < 4.78 is 26.6. The molecule has 15 heavy (non-hydrogen) atoms. The summed E-state index contributed by atoms with van der Waals surface area (Å²) in [4.78, 5) is 0.172. The molecule has 0 aromatic heterocycles. The molecule has 0 fully saturated rings. The Morgan fingerprint density at radius 1 is 1.33 bits per heavy atom. The SMILES string of the molecule is Cc1ccc(S(=O)(=O)[N]CCC#N)cc1. The van der Waals surface area contributed by atoms with Crippen LogP contribution in [0, 0.1) is 18.3 Å². The average Bonchev–Trinajstić information content (AvgIpc) is 2.18. The van der Waals surface area contributed by atoms with Crippen molar-refractivity contribution >= 4 is 10.0 Å². The number of nitrogens with zero attached hydrogens (tertiary/aromatic N) is 2. The fourth-order valence-corrected chi connectivity index (χ4v) is 1.96. The van der Waals surface area contributed by atoms with Crippen molar-refractivity contribution in [1.29, 1.82) is 5.26 Å². The number of hydrogen-bond donors (Lipinski definition) is 0. The lowest BCUT2D eigenvalue weighted by molar-refractivity contribution is 0.581. The Morgan fingerprint density at radius 2 is 1.93 bits per heavy atom. The second kappa shape index (κ2) is 4.91. The van der Waals surface area contributed by atoms with Crippen LogP contribution in [0.4, 0.5) is 0 Å². The highest BCUT2D eigenvalue weighted by Crippen LogP contribution is 2.10. The van der Waals surface area contributed by atoms with Gasteiger partial charge < -0.3 is 0 Å². The Bertz CT molecular complexity index is 457. The molecule has 0 heterocycles. The maximum absolute atomic E-state index is 11.5. The molecule has 0 unspecified atom stereocenters. The zero-order chi connectivity index (χ0) is 11.3. The van der Waals surface area contributed by atoms with Crippen LogP contribution in [-0.2, 0) is 10.0 Å². The van der Waals surface area contributed by atoms with Gasteiger partial charge in [0.15, 0.2) is 0 Å². The third kappa shape index (κ3) is 3.35. The third-order valence-corrected chi connectivity index (χ3v) is 3.19. The zero-order valence-corrected chi connectivity index (χ0v) is 9.16. The number of sulfonamides is 1. The number of rotatable bonds is 4. The van der Waals surface area contributed by atoms with E-state index in [1.807, 2.05) is 13.0 Å². The van der Waals surface area contributed by atoms with E-state index in [2.05, 4.69) is 4.72 Å². The lowest BCUT2D eigenvalue weighted by atomic mass is 10.2. The minimum absolute atomic E-state index is 0.0205. The highest BCUT2D eigenvalue weighted by molar-refractivity contribution is 7.89. The van der Waals surface area contributed by atoms with Gasteiger partial charge in [-0.15, -0.1) is 4.72 Å². The summed E-state index contributed by atoms with van der Waals surface area (Å²) >= 11 is 0. The first-order valence-corrected chi connectivity index (χ1v) is 5.87. The number of hydrogen-bond acceptors (Lipinski definition) is 3. The molecular weight excluding hydrogens is 212 g/mol. The van der Waals surface area contributed by atoms with E-state index in [4.69, 9.17) is 5.26 Å². The van der Waals surface area contributed by atoms with E-state index in [0.29, 0.717) is 0 Å². The number of nitriles is 1. The fraction of sp³-hybridized carbons (Fsp3) is 0.300. The normalized spacial score (nSPS) is 10.9. The second-order valence-corrected chi connectivity index (χ2v) is 4.73. The van der Waals surface area contributed by atoms with Crippen molar-refractivity contribution in [3.63, 3.8) is 0 Å². The maximum Gasteiger partial charge on any atom is 0.256 e. The lowest BCUT2D eigenvalue weighted by Gasteiger charge is -2.02. The summed E-state index contributed by atoms with van der Waals surface area (Å²) in [7, 11) is -3.58. The summed E-state index contributed by atoms with van der Waals surface area (Å²) in [6.07, 6.45) is 0.116. The second-order valence-electron chi connectivity index (χ2n) is 3.05. The Hall–Kier alpha value is -1.38. The van der Waals surface area contributed by atoms with Gasteiger partial charge in [0, 0.05) is 6.54 Å². The van der Waals surface area contributed by atoms with E-state index < -0.39 is 10.0 Å². The molecule has 0 aliphatic rings. The van der Waals surface area contributed by atoms with Gasteiger partial charge in [-0.25, -0.2) is 8.42 Å². The van der Waals surface area contributed by atoms with Crippen molar-refractivity contribution in [3.8, 4) is 6.07 Å². The fourth-order valence-electron chi connectivity index (χ4n) is 1.00. The van der Waals surface area contributed by atoms with Crippen molar-refractivity contribution in [2.45, 2.75) is 18.2 Å². The van der Waals surface area contributed by atoms with Crippen LogP contribution in [0.5, 0.6) is 0 Å². The number of aryl methyl sites for hydroxylation is 1. The predicted molar refractivity (Wildman–Crippen MR) is 55.6 cm³/mol. The summed E-state index contributed by atoms with van der Waals surface area (Å²) in [5.74, 6) is 0. The van der Waals surface area contributed by atoms with Crippen molar-refractivity contribution in [2.24, 2.45) is 0 Å². The van der Waals surface area contributed by atoms with Gasteiger partial charge in [-0.1, -0.05) is 17.7 Å². The molecule has 0 aliphatic heterocycles. The molecule has 0 aliphatic carbocycles. The molecule has 5 heteroatoms. The molecule has 0 saturated heterocycles. The molecule has 1 radical (unpaired) electrons. The molecule has 0 amide bonds. The Morgan fingerprint density at radius 3 is 2.47 bits per heavy atom. The minimum atomic E-state index is -3.58. The van der Waals surface area contributed by atoms with Gasteiger partial charge in [0.2, 0.25) is 0 Å². The molecule has 79 valence electrons. The van der Waals surface area contributed by atoms with Crippen LogP contribution in [0.15, 0.2) is 29.2 Å². The number of benzene rings is 1. The van der Waals surface area contributed by atoms with Gasteiger partial charge in [0.1, 0.15) is 0 Å². The van der Waals surface area contributed by atoms with Gasteiger partial charge in [0.05, 0.1) is 17.4 Å². The molecule has 0 saturated carbocycles. The first-order chi connectivity index (χ1) is 7.06. The Kier molecular flexibility index (Phi) is 3.83. The van der Waals surface area contributed by atoms with Gasteiger partial charge >= 0.3 is 0 Å². The van der Waals surface area contributed by atoms with Crippen LogP contribution >= 0.6 is 0 Å². The van der Waals surface area contributed by atoms with Gasteiger partial charge in [-0.3, -0.25) is 0 Å². The zero-order valence-electron chi connectivity index (χ0n) is 8.34. The molecule has 0 N–H and O–H groups in total. The highest BCUT2D eigenvalue weighted by atomic mass is 32.2. The first-order valence-electron chi connectivity index (χ1n) is 4.43. The molecule has 0 bridgehead atoms. The molecule has 4 nitrogen and oxygen atoms in total. The van der Waals surface area contributed by atoms with Crippen LogP contribution in [0.3, 0.4) is 0 Å². The summed E-state index contributed by atoms with van der Waals surface area (Å²) in [5, 5.41) is 8.27. The van der Waals surface area contributed by atoms with Crippen LogP contribution in [0.1, 0.15) is 12.0 Å². The van der Waals surface area contributed by atoms with Crippen LogP contribution in [0.2, 0.25) is 0 Å². The van der Waals surface area contributed by atoms with Gasteiger partial charge in [0.25, 0.3) is 10.0 Å². The third-order valence-electron chi connectivity index (χ3n) is 1.80. The minimum Gasteiger partial charge on any atom is -0.206 e. The van der Waals surface area contributed by atoms with Gasteiger partial charge in [-0.05, 0) is 19.1 Å².